The van der Waals surface area contributed by atoms with Crippen LogP contribution in [0, 0.1) is 11.3 Å². The first-order chi connectivity index (χ1) is 9.22. The number of H-pyrrole nitrogens is 1. The number of ether oxygens (including phenoxy) is 1. The highest BCUT2D eigenvalue weighted by atomic mass is 32.1. The first-order valence-corrected chi connectivity index (χ1v) is 6.82. The van der Waals surface area contributed by atoms with Gasteiger partial charge in [-0.2, -0.15) is 5.26 Å². The molecule has 1 aliphatic carbocycles. The number of aromatic amines is 1. The van der Waals surface area contributed by atoms with Crippen LogP contribution in [0.2, 0.25) is 0 Å². The summed E-state index contributed by atoms with van der Waals surface area (Å²) in [6.45, 7) is 3.83. The summed E-state index contributed by atoms with van der Waals surface area (Å²) in [4.78, 5) is 13.6. The van der Waals surface area contributed by atoms with Gasteiger partial charge in [0.25, 0.3) is 0 Å². The topological polar surface area (TPSA) is 77.9 Å². The van der Waals surface area contributed by atoms with Crippen LogP contribution >= 0.6 is 12.6 Å². The molecule has 0 unspecified atom stereocenters. The van der Waals surface area contributed by atoms with Gasteiger partial charge in [0.2, 0.25) is 5.56 Å². The number of hydrogen-bond donors (Lipinski definition) is 3. The van der Waals surface area contributed by atoms with Crippen LogP contribution in [-0.2, 0) is 4.74 Å². The molecule has 0 radical (unpaired) electrons. The molecule has 19 heavy (non-hydrogen) atoms. The predicted molar refractivity (Wildman–Crippen MR) is 74.7 cm³/mol. The molecule has 1 aromatic heterocycles. The predicted octanol–water partition coefficient (Wildman–Crippen LogP) is 1.02. The lowest BCUT2D eigenvalue weighted by Gasteiger charge is -2.10. The summed E-state index contributed by atoms with van der Waals surface area (Å²) >= 11 is 4.06. The summed E-state index contributed by atoms with van der Waals surface area (Å²) in [6.07, 6.45) is 2.15. The van der Waals surface area contributed by atoms with E-state index in [1.807, 2.05) is 0 Å². The fraction of sp³-hybridized carbons (Fsp3) is 0.538. The number of nitrogens with zero attached hydrogens (tertiary/aromatic N) is 1. The van der Waals surface area contributed by atoms with Gasteiger partial charge in [0, 0.05) is 19.2 Å². The first kappa shape index (κ1) is 14.1. The average molecular weight is 279 g/mol. The Morgan fingerprint density at radius 2 is 2.05 bits per heavy atom. The molecule has 0 aromatic carbocycles. The minimum absolute atomic E-state index is 0.175. The smallest absolute Gasteiger partial charge is 0.249 e. The number of aromatic nitrogens is 1. The highest BCUT2D eigenvalue weighted by Crippen LogP contribution is 2.41. The van der Waals surface area contributed by atoms with Crippen LogP contribution in [0.25, 0.3) is 0 Å². The van der Waals surface area contributed by atoms with Crippen LogP contribution in [-0.4, -0.2) is 31.3 Å². The van der Waals surface area contributed by atoms with Crippen molar-refractivity contribution in [2.75, 3.05) is 26.3 Å². The van der Waals surface area contributed by atoms with Crippen molar-refractivity contribution in [2.45, 2.75) is 23.8 Å². The van der Waals surface area contributed by atoms with E-state index >= 15 is 0 Å². The fourth-order valence-corrected chi connectivity index (χ4v) is 2.20. The number of morpholine rings is 1. The van der Waals surface area contributed by atoms with Gasteiger partial charge < -0.3 is 15.0 Å². The highest BCUT2D eigenvalue weighted by molar-refractivity contribution is 7.80. The van der Waals surface area contributed by atoms with Crippen molar-refractivity contribution in [3.05, 3.63) is 27.5 Å². The minimum atomic E-state index is -0.175. The third-order valence-corrected chi connectivity index (χ3v) is 3.36. The number of pyridine rings is 1. The van der Waals surface area contributed by atoms with Crippen molar-refractivity contribution in [1.82, 2.24) is 10.3 Å². The molecule has 0 spiro atoms. The lowest BCUT2D eigenvalue weighted by molar-refractivity contribution is 0.109. The molecular weight excluding hydrogens is 262 g/mol. The maximum atomic E-state index is 11.1. The van der Waals surface area contributed by atoms with E-state index in [1.165, 1.54) is 6.07 Å². The normalized spacial score (nSPS) is 18.1. The minimum Gasteiger partial charge on any atom is -0.379 e. The Morgan fingerprint density at radius 1 is 1.37 bits per heavy atom. The molecule has 2 aliphatic rings. The molecule has 5 nitrogen and oxygen atoms in total. The molecule has 1 saturated carbocycles. The Hall–Kier alpha value is -1.29. The SMILES string of the molecule is C1COCCN1.N#Cc1c(C2CC2)cc(=O)[nH]c1S. The van der Waals surface area contributed by atoms with E-state index in [4.69, 9.17) is 10.00 Å². The average Bonchev–Trinajstić information content (AvgIpc) is 3.25. The Kier molecular flexibility index (Phi) is 5.02. The van der Waals surface area contributed by atoms with Gasteiger partial charge in [0.15, 0.2) is 0 Å². The second-order valence-corrected chi connectivity index (χ2v) is 5.01. The van der Waals surface area contributed by atoms with Crippen LogP contribution in [0.4, 0.5) is 0 Å². The third kappa shape index (κ3) is 4.10. The number of thiol groups is 1. The summed E-state index contributed by atoms with van der Waals surface area (Å²) in [5.41, 5.74) is 1.20. The number of nitriles is 1. The standard InChI is InChI=1S/C9H8N2OS.C4H9NO/c10-4-7-6(5-1-2-5)3-8(12)11-9(7)13;1-3-6-4-2-5-1/h3,5H,1-2H2,(H2,11,12,13);5H,1-4H2. The van der Waals surface area contributed by atoms with Gasteiger partial charge in [-0.3, -0.25) is 4.79 Å². The van der Waals surface area contributed by atoms with E-state index in [9.17, 15) is 4.79 Å². The molecule has 1 saturated heterocycles. The molecule has 102 valence electrons. The Morgan fingerprint density at radius 3 is 2.47 bits per heavy atom. The molecule has 3 rings (SSSR count). The summed E-state index contributed by atoms with van der Waals surface area (Å²) < 4.78 is 5.01. The second kappa shape index (κ2) is 6.75. The van der Waals surface area contributed by atoms with Crippen LogP contribution in [0.15, 0.2) is 15.9 Å². The van der Waals surface area contributed by atoms with E-state index < -0.39 is 0 Å². The van der Waals surface area contributed by atoms with Crippen LogP contribution in [0.3, 0.4) is 0 Å². The summed E-state index contributed by atoms with van der Waals surface area (Å²) in [5, 5.41) is 12.4. The Balaban J connectivity index is 0.000000186. The van der Waals surface area contributed by atoms with Gasteiger partial charge in [-0.25, -0.2) is 0 Å². The molecule has 2 heterocycles. The Bertz CT molecular complexity index is 516. The van der Waals surface area contributed by atoms with Crippen LogP contribution in [0.1, 0.15) is 29.9 Å². The number of hydrogen-bond acceptors (Lipinski definition) is 5. The molecule has 6 heteroatoms. The maximum Gasteiger partial charge on any atom is 0.249 e. The summed E-state index contributed by atoms with van der Waals surface area (Å²) in [6, 6.07) is 3.58. The van der Waals surface area contributed by atoms with Gasteiger partial charge in [0.05, 0.1) is 23.8 Å². The van der Waals surface area contributed by atoms with Gasteiger partial charge in [-0.1, -0.05) is 0 Å². The molecule has 0 atom stereocenters. The quantitative estimate of drug-likeness (QED) is 0.671. The van der Waals surface area contributed by atoms with Crippen LogP contribution < -0.4 is 10.9 Å². The molecular formula is C13H17N3O2S. The summed E-state index contributed by atoms with van der Waals surface area (Å²) in [7, 11) is 0. The van der Waals surface area contributed by atoms with Gasteiger partial charge in [0.1, 0.15) is 6.07 Å². The molecule has 2 N–H and O–H groups in total. The van der Waals surface area contributed by atoms with Crippen LogP contribution in [0.5, 0.6) is 0 Å². The van der Waals surface area contributed by atoms with Crippen molar-refractivity contribution in [3.8, 4) is 6.07 Å². The lowest BCUT2D eigenvalue weighted by Crippen LogP contribution is -2.30. The highest BCUT2D eigenvalue weighted by Gasteiger charge is 2.27. The largest absolute Gasteiger partial charge is 0.379 e. The van der Waals surface area contributed by atoms with Crippen molar-refractivity contribution in [1.29, 1.82) is 5.26 Å². The zero-order chi connectivity index (χ0) is 13.7. The van der Waals surface area contributed by atoms with E-state index in [-0.39, 0.29) is 5.56 Å². The Labute approximate surface area is 117 Å². The zero-order valence-electron chi connectivity index (χ0n) is 10.6. The van der Waals surface area contributed by atoms with Crippen molar-refractivity contribution < 1.29 is 4.74 Å². The molecule has 2 fully saturated rings. The summed E-state index contributed by atoms with van der Waals surface area (Å²) in [5.74, 6) is 0.405. The van der Waals surface area contributed by atoms with Crippen molar-refractivity contribution in [3.63, 3.8) is 0 Å². The lowest BCUT2D eigenvalue weighted by atomic mass is 10.1. The molecule has 0 bridgehead atoms. The van der Waals surface area contributed by atoms with E-state index in [0.29, 0.717) is 16.5 Å². The van der Waals surface area contributed by atoms with E-state index in [1.54, 1.807) is 0 Å². The molecule has 0 amide bonds. The maximum absolute atomic E-state index is 11.1. The fourth-order valence-electron chi connectivity index (χ4n) is 1.91. The monoisotopic (exact) mass is 279 g/mol. The van der Waals surface area contributed by atoms with Gasteiger partial charge in [-0.05, 0) is 24.3 Å². The van der Waals surface area contributed by atoms with Gasteiger partial charge in [-0.15, -0.1) is 12.6 Å². The van der Waals surface area contributed by atoms with Crippen molar-refractivity contribution >= 4 is 12.6 Å². The number of nitrogens with one attached hydrogen (secondary N) is 2. The molecule has 1 aliphatic heterocycles. The van der Waals surface area contributed by atoms with Gasteiger partial charge >= 0.3 is 0 Å². The second-order valence-electron chi connectivity index (χ2n) is 4.56. The van der Waals surface area contributed by atoms with E-state index in [2.05, 4.69) is 29.0 Å². The molecule has 1 aromatic rings. The van der Waals surface area contributed by atoms with E-state index in [0.717, 1.165) is 44.7 Å². The third-order valence-electron chi connectivity index (χ3n) is 3.03. The number of rotatable bonds is 1. The van der Waals surface area contributed by atoms with Crippen molar-refractivity contribution in [2.24, 2.45) is 0 Å². The first-order valence-electron chi connectivity index (χ1n) is 6.37. The zero-order valence-corrected chi connectivity index (χ0v) is 11.5.